The van der Waals surface area contributed by atoms with Gasteiger partial charge in [0, 0.05) is 30.9 Å². The lowest BCUT2D eigenvalue weighted by molar-refractivity contribution is 0.352. The van der Waals surface area contributed by atoms with Gasteiger partial charge in [-0.3, -0.25) is 4.98 Å². The molecule has 0 spiro atoms. The molecule has 1 aromatic rings. The van der Waals surface area contributed by atoms with Crippen molar-refractivity contribution in [3.05, 3.63) is 28.1 Å². The first-order valence-electron chi connectivity index (χ1n) is 5.73. The first-order valence-corrected chi connectivity index (χ1v) is 5.73. The molecule has 0 bridgehead atoms. The fourth-order valence-corrected chi connectivity index (χ4v) is 2.32. The minimum atomic E-state index is 1.10. The third kappa shape index (κ3) is 1.91. The van der Waals surface area contributed by atoms with Crippen LogP contribution in [0.1, 0.15) is 28.1 Å². The average molecular weight is 204 g/mol. The summed E-state index contributed by atoms with van der Waals surface area (Å²) in [6.45, 7) is 8.86. The Hall–Kier alpha value is -0.890. The van der Waals surface area contributed by atoms with E-state index in [9.17, 15) is 0 Å². The van der Waals surface area contributed by atoms with Crippen molar-refractivity contribution in [3.63, 3.8) is 0 Å². The smallest absolute Gasteiger partial charge is 0.0454 e. The molecule has 0 N–H and O–H groups in total. The lowest BCUT2D eigenvalue weighted by atomic mass is 9.98. The second-order valence-corrected chi connectivity index (χ2v) is 4.68. The number of pyridine rings is 1. The average Bonchev–Trinajstić information content (AvgIpc) is 2.38. The highest BCUT2D eigenvalue weighted by Crippen LogP contribution is 2.22. The van der Waals surface area contributed by atoms with Gasteiger partial charge in [-0.1, -0.05) is 0 Å². The maximum atomic E-state index is 4.74. The van der Waals surface area contributed by atoms with Crippen molar-refractivity contribution in [1.29, 1.82) is 0 Å². The molecule has 0 aliphatic carbocycles. The van der Waals surface area contributed by atoms with Crippen LogP contribution >= 0.6 is 0 Å². The van der Waals surface area contributed by atoms with Crippen molar-refractivity contribution in [2.75, 3.05) is 20.1 Å². The van der Waals surface area contributed by atoms with E-state index < -0.39 is 0 Å². The zero-order chi connectivity index (χ0) is 11.0. The number of aryl methyl sites for hydroxylation is 1. The molecule has 0 unspecified atom stereocenters. The van der Waals surface area contributed by atoms with Crippen LogP contribution in [0, 0.1) is 20.8 Å². The molecule has 0 radical (unpaired) electrons. The normalized spacial score (nSPS) is 17.3. The second kappa shape index (κ2) is 3.93. The van der Waals surface area contributed by atoms with Crippen molar-refractivity contribution in [3.8, 4) is 0 Å². The molecule has 2 heterocycles. The minimum Gasteiger partial charge on any atom is -0.306 e. The Bertz CT molecular complexity index is 383. The van der Waals surface area contributed by atoms with Crippen molar-refractivity contribution in [2.24, 2.45) is 0 Å². The maximum Gasteiger partial charge on any atom is 0.0454 e. The van der Waals surface area contributed by atoms with E-state index in [1.165, 1.54) is 28.1 Å². The highest BCUT2D eigenvalue weighted by Gasteiger charge is 2.16. The molecule has 0 saturated heterocycles. The summed E-state index contributed by atoms with van der Waals surface area (Å²) >= 11 is 0. The van der Waals surface area contributed by atoms with E-state index >= 15 is 0 Å². The Morgan fingerprint density at radius 1 is 1.00 bits per heavy atom. The van der Waals surface area contributed by atoms with Crippen LogP contribution in [-0.4, -0.2) is 30.0 Å². The van der Waals surface area contributed by atoms with E-state index in [2.05, 4.69) is 32.7 Å². The van der Waals surface area contributed by atoms with Crippen molar-refractivity contribution in [1.82, 2.24) is 9.88 Å². The first-order chi connectivity index (χ1) is 7.09. The summed E-state index contributed by atoms with van der Waals surface area (Å²) < 4.78 is 0. The van der Waals surface area contributed by atoms with E-state index in [0.717, 1.165) is 25.9 Å². The van der Waals surface area contributed by atoms with Crippen molar-refractivity contribution >= 4 is 0 Å². The maximum absolute atomic E-state index is 4.74. The predicted molar refractivity (Wildman–Crippen MR) is 63.4 cm³/mol. The molecule has 0 aromatic carbocycles. The summed E-state index contributed by atoms with van der Waals surface area (Å²) in [7, 11) is 2.20. The van der Waals surface area contributed by atoms with E-state index in [1.54, 1.807) is 0 Å². The van der Waals surface area contributed by atoms with Crippen LogP contribution in [0.3, 0.4) is 0 Å². The van der Waals surface area contributed by atoms with Gasteiger partial charge in [0.2, 0.25) is 0 Å². The number of hydrogen-bond acceptors (Lipinski definition) is 2. The van der Waals surface area contributed by atoms with Gasteiger partial charge < -0.3 is 4.90 Å². The lowest BCUT2D eigenvalue weighted by Crippen LogP contribution is -2.20. The van der Waals surface area contributed by atoms with Crippen LogP contribution in [0.25, 0.3) is 0 Å². The van der Waals surface area contributed by atoms with Crippen LogP contribution in [0.5, 0.6) is 0 Å². The highest BCUT2D eigenvalue weighted by molar-refractivity contribution is 5.39. The van der Waals surface area contributed by atoms with Gasteiger partial charge in [-0.15, -0.1) is 0 Å². The third-order valence-corrected chi connectivity index (χ3v) is 3.68. The molecule has 2 nitrogen and oxygen atoms in total. The minimum absolute atomic E-state index is 1.10. The molecule has 1 aliphatic rings. The van der Waals surface area contributed by atoms with Crippen LogP contribution in [-0.2, 0) is 12.8 Å². The number of likely N-dealkylation sites (N-methyl/N-ethyl adjacent to an activating group) is 1. The fourth-order valence-electron chi connectivity index (χ4n) is 2.32. The summed E-state index contributed by atoms with van der Waals surface area (Å²) in [6, 6.07) is 0. The van der Waals surface area contributed by atoms with E-state index in [-0.39, 0.29) is 0 Å². The number of rotatable bonds is 0. The van der Waals surface area contributed by atoms with Gasteiger partial charge in [-0.05, 0) is 50.9 Å². The van der Waals surface area contributed by atoms with Crippen LogP contribution in [0.4, 0.5) is 0 Å². The Balaban J connectivity index is 2.48. The standard InChI is InChI=1S/C13H20N2/c1-9-10(2)12-5-7-15(4)8-6-13(12)14-11(9)3/h5-8H2,1-4H3. The molecule has 0 atom stereocenters. The molecule has 2 heteroatoms. The quantitative estimate of drug-likeness (QED) is 0.643. The van der Waals surface area contributed by atoms with Crippen LogP contribution < -0.4 is 0 Å². The second-order valence-electron chi connectivity index (χ2n) is 4.68. The van der Waals surface area contributed by atoms with Crippen molar-refractivity contribution < 1.29 is 0 Å². The van der Waals surface area contributed by atoms with Crippen molar-refractivity contribution in [2.45, 2.75) is 33.6 Å². The molecular weight excluding hydrogens is 184 g/mol. The molecule has 82 valence electrons. The molecule has 0 saturated carbocycles. The fraction of sp³-hybridized carbons (Fsp3) is 0.615. The van der Waals surface area contributed by atoms with Gasteiger partial charge in [-0.25, -0.2) is 0 Å². The summed E-state index contributed by atoms with van der Waals surface area (Å²) in [6.07, 6.45) is 2.26. The molecule has 1 aliphatic heterocycles. The third-order valence-electron chi connectivity index (χ3n) is 3.68. The summed E-state index contributed by atoms with van der Waals surface area (Å²) in [4.78, 5) is 7.14. The highest BCUT2D eigenvalue weighted by atomic mass is 15.1. The Morgan fingerprint density at radius 2 is 1.67 bits per heavy atom. The number of hydrogen-bond donors (Lipinski definition) is 0. The molecule has 1 aromatic heterocycles. The van der Waals surface area contributed by atoms with Gasteiger partial charge in [-0.2, -0.15) is 0 Å². The number of fused-ring (bicyclic) bond motifs is 1. The molecule has 0 amide bonds. The van der Waals surface area contributed by atoms with E-state index in [4.69, 9.17) is 4.98 Å². The SMILES string of the molecule is Cc1nc2c(c(C)c1C)CCN(C)CC2. The van der Waals surface area contributed by atoms with Gasteiger partial charge in [0.1, 0.15) is 0 Å². The van der Waals surface area contributed by atoms with Gasteiger partial charge in [0.15, 0.2) is 0 Å². The summed E-state index contributed by atoms with van der Waals surface area (Å²) in [5, 5.41) is 0. The predicted octanol–water partition coefficient (Wildman–Crippen LogP) is 2.04. The largest absolute Gasteiger partial charge is 0.306 e. The molecular formula is C13H20N2. The first kappa shape index (κ1) is 10.6. The van der Waals surface area contributed by atoms with E-state index in [1.807, 2.05) is 0 Å². The summed E-state index contributed by atoms with van der Waals surface area (Å²) in [5.41, 5.74) is 6.88. The monoisotopic (exact) mass is 204 g/mol. The Morgan fingerprint density at radius 3 is 2.40 bits per heavy atom. The zero-order valence-corrected chi connectivity index (χ0v) is 10.2. The van der Waals surface area contributed by atoms with Gasteiger partial charge in [0.25, 0.3) is 0 Å². The molecule has 0 fully saturated rings. The molecule has 2 rings (SSSR count). The topological polar surface area (TPSA) is 16.1 Å². The van der Waals surface area contributed by atoms with Gasteiger partial charge in [0.05, 0.1) is 0 Å². The lowest BCUT2D eigenvalue weighted by Gasteiger charge is -2.13. The number of nitrogens with zero attached hydrogens (tertiary/aromatic N) is 2. The number of aromatic nitrogens is 1. The zero-order valence-electron chi connectivity index (χ0n) is 10.2. The Labute approximate surface area is 92.3 Å². The van der Waals surface area contributed by atoms with Crippen LogP contribution in [0.2, 0.25) is 0 Å². The van der Waals surface area contributed by atoms with Gasteiger partial charge >= 0.3 is 0 Å². The Kier molecular flexibility index (Phi) is 2.79. The van der Waals surface area contributed by atoms with Crippen LogP contribution in [0.15, 0.2) is 0 Å². The van der Waals surface area contributed by atoms with E-state index in [0.29, 0.717) is 0 Å². The molecule has 15 heavy (non-hydrogen) atoms. The summed E-state index contributed by atoms with van der Waals surface area (Å²) in [5.74, 6) is 0.